The molecule has 0 saturated carbocycles. The van der Waals surface area contributed by atoms with Gasteiger partial charge in [0.05, 0.1) is 18.2 Å². The Hall–Kier alpha value is -2.00. The first kappa shape index (κ1) is 17.4. The number of methoxy groups -OCH3 is 1. The quantitative estimate of drug-likeness (QED) is 0.850. The molecule has 2 aromatic rings. The van der Waals surface area contributed by atoms with Gasteiger partial charge in [0.15, 0.2) is 0 Å². The molecule has 0 bridgehead atoms. The van der Waals surface area contributed by atoms with Crippen LogP contribution in [-0.4, -0.2) is 13.0 Å². The van der Waals surface area contributed by atoms with Crippen LogP contribution in [0.5, 0.6) is 5.75 Å². The van der Waals surface area contributed by atoms with E-state index in [9.17, 15) is 4.79 Å². The summed E-state index contributed by atoms with van der Waals surface area (Å²) in [5.74, 6) is 0.420. The van der Waals surface area contributed by atoms with E-state index in [4.69, 9.17) is 16.3 Å². The maximum absolute atomic E-state index is 12.5. The molecule has 0 unspecified atom stereocenters. The molecular formula is C19H22ClNO2. The van der Waals surface area contributed by atoms with E-state index in [1.807, 2.05) is 0 Å². The van der Waals surface area contributed by atoms with Gasteiger partial charge in [-0.15, -0.1) is 0 Å². The van der Waals surface area contributed by atoms with Gasteiger partial charge in [-0.1, -0.05) is 36.7 Å². The van der Waals surface area contributed by atoms with E-state index in [1.54, 1.807) is 25.3 Å². The first-order chi connectivity index (χ1) is 11.0. The second-order valence-corrected chi connectivity index (χ2v) is 6.03. The molecule has 0 aromatic heterocycles. The molecule has 1 amide bonds. The van der Waals surface area contributed by atoms with Gasteiger partial charge in [-0.05, 0) is 55.2 Å². The van der Waals surface area contributed by atoms with Crippen LogP contribution in [0.4, 0.5) is 0 Å². The van der Waals surface area contributed by atoms with Gasteiger partial charge in [0, 0.05) is 5.56 Å². The molecule has 1 N–H and O–H groups in total. The summed E-state index contributed by atoms with van der Waals surface area (Å²) >= 11 is 6.09. The highest BCUT2D eigenvalue weighted by Gasteiger charge is 2.15. The van der Waals surface area contributed by atoms with Crippen molar-refractivity contribution in [1.29, 1.82) is 0 Å². The van der Waals surface area contributed by atoms with Crippen molar-refractivity contribution in [2.24, 2.45) is 0 Å². The van der Waals surface area contributed by atoms with Crippen molar-refractivity contribution < 1.29 is 9.53 Å². The Morgan fingerprint density at radius 3 is 2.48 bits per heavy atom. The minimum atomic E-state index is -0.139. The normalized spacial score (nSPS) is 11.9. The van der Waals surface area contributed by atoms with Crippen LogP contribution in [-0.2, 0) is 0 Å². The summed E-state index contributed by atoms with van der Waals surface area (Å²) in [5.41, 5.74) is 4.11. The van der Waals surface area contributed by atoms with Crippen molar-refractivity contribution in [3.05, 3.63) is 63.7 Å². The number of carbonyl (C=O) groups excluding carboxylic acids is 1. The molecule has 0 saturated heterocycles. The molecule has 2 rings (SSSR count). The summed E-state index contributed by atoms with van der Waals surface area (Å²) in [4.78, 5) is 12.5. The van der Waals surface area contributed by atoms with Gasteiger partial charge in [0.1, 0.15) is 5.75 Å². The van der Waals surface area contributed by atoms with Gasteiger partial charge >= 0.3 is 0 Å². The molecule has 122 valence electrons. The minimum Gasteiger partial charge on any atom is -0.495 e. The summed E-state index contributed by atoms with van der Waals surface area (Å²) in [6.07, 6.45) is 0.818. The van der Waals surface area contributed by atoms with Gasteiger partial charge < -0.3 is 10.1 Å². The monoisotopic (exact) mass is 331 g/mol. The van der Waals surface area contributed by atoms with Gasteiger partial charge in [-0.25, -0.2) is 0 Å². The zero-order valence-electron chi connectivity index (χ0n) is 13.9. The molecule has 0 radical (unpaired) electrons. The Kier molecular flexibility index (Phi) is 5.67. The van der Waals surface area contributed by atoms with Crippen LogP contribution in [0.1, 0.15) is 46.4 Å². The molecule has 23 heavy (non-hydrogen) atoms. The molecule has 0 aliphatic carbocycles. The fourth-order valence-electron chi connectivity index (χ4n) is 2.45. The van der Waals surface area contributed by atoms with E-state index >= 15 is 0 Å². The largest absolute Gasteiger partial charge is 0.495 e. The third-order valence-electron chi connectivity index (χ3n) is 4.06. The second-order valence-electron chi connectivity index (χ2n) is 5.63. The smallest absolute Gasteiger partial charge is 0.251 e. The van der Waals surface area contributed by atoms with E-state index < -0.39 is 0 Å². The average Bonchev–Trinajstić information content (AvgIpc) is 2.55. The van der Waals surface area contributed by atoms with E-state index in [0.29, 0.717) is 16.3 Å². The summed E-state index contributed by atoms with van der Waals surface area (Å²) < 4.78 is 5.11. The van der Waals surface area contributed by atoms with Crippen molar-refractivity contribution in [3.8, 4) is 5.75 Å². The lowest BCUT2D eigenvalue weighted by molar-refractivity contribution is 0.0935. The topological polar surface area (TPSA) is 38.3 Å². The number of hydrogen-bond donors (Lipinski definition) is 1. The van der Waals surface area contributed by atoms with Gasteiger partial charge in [0.2, 0.25) is 0 Å². The van der Waals surface area contributed by atoms with Crippen LogP contribution in [0.3, 0.4) is 0 Å². The van der Waals surface area contributed by atoms with Crippen LogP contribution in [0.15, 0.2) is 36.4 Å². The molecule has 0 spiro atoms. The van der Waals surface area contributed by atoms with E-state index in [1.165, 1.54) is 11.1 Å². The first-order valence-corrected chi connectivity index (χ1v) is 8.05. The van der Waals surface area contributed by atoms with Crippen LogP contribution < -0.4 is 10.1 Å². The Morgan fingerprint density at radius 2 is 1.91 bits per heavy atom. The van der Waals surface area contributed by atoms with Gasteiger partial charge in [-0.2, -0.15) is 0 Å². The Balaban J connectivity index is 2.19. The van der Waals surface area contributed by atoms with Crippen LogP contribution >= 0.6 is 11.6 Å². The van der Waals surface area contributed by atoms with E-state index in [0.717, 1.165) is 12.0 Å². The first-order valence-electron chi connectivity index (χ1n) is 7.67. The molecule has 0 aliphatic heterocycles. The number of aryl methyl sites for hydroxylation is 2. The SMILES string of the molecule is CC[C@@H](NC(=O)c1ccc(OC)c(Cl)c1)c1ccc(C)c(C)c1. The van der Waals surface area contributed by atoms with E-state index in [2.05, 4.69) is 44.3 Å². The lowest BCUT2D eigenvalue weighted by Crippen LogP contribution is -2.28. The van der Waals surface area contributed by atoms with Crippen molar-refractivity contribution in [2.45, 2.75) is 33.2 Å². The summed E-state index contributed by atoms with van der Waals surface area (Å²) in [5, 5.41) is 3.50. The van der Waals surface area contributed by atoms with E-state index in [-0.39, 0.29) is 11.9 Å². The zero-order valence-corrected chi connectivity index (χ0v) is 14.7. The molecule has 4 heteroatoms. The Labute approximate surface area is 142 Å². The lowest BCUT2D eigenvalue weighted by Gasteiger charge is -2.19. The number of halogens is 1. The molecule has 2 aromatic carbocycles. The molecule has 0 aliphatic rings. The molecular weight excluding hydrogens is 310 g/mol. The number of benzene rings is 2. The maximum atomic E-state index is 12.5. The summed E-state index contributed by atoms with van der Waals surface area (Å²) in [6, 6.07) is 11.3. The highest BCUT2D eigenvalue weighted by Crippen LogP contribution is 2.26. The van der Waals surface area contributed by atoms with Crippen molar-refractivity contribution in [2.75, 3.05) is 7.11 Å². The number of nitrogens with one attached hydrogen (secondary N) is 1. The molecule has 0 heterocycles. The minimum absolute atomic E-state index is 0.0253. The lowest BCUT2D eigenvalue weighted by atomic mass is 9.99. The predicted molar refractivity (Wildman–Crippen MR) is 94.4 cm³/mol. The van der Waals surface area contributed by atoms with Crippen LogP contribution in [0.25, 0.3) is 0 Å². The van der Waals surface area contributed by atoms with Gasteiger partial charge in [0.25, 0.3) is 5.91 Å². The van der Waals surface area contributed by atoms with Crippen LogP contribution in [0, 0.1) is 13.8 Å². The Morgan fingerprint density at radius 1 is 1.17 bits per heavy atom. The summed E-state index contributed by atoms with van der Waals surface area (Å²) in [7, 11) is 1.55. The van der Waals surface area contributed by atoms with Crippen LogP contribution in [0.2, 0.25) is 5.02 Å². The standard InChI is InChI=1S/C19H22ClNO2/c1-5-17(14-7-6-12(2)13(3)10-14)21-19(22)15-8-9-18(23-4)16(20)11-15/h6-11,17H,5H2,1-4H3,(H,21,22)/t17-/m1/s1. The van der Waals surface area contributed by atoms with Crippen molar-refractivity contribution in [1.82, 2.24) is 5.32 Å². The van der Waals surface area contributed by atoms with Crippen molar-refractivity contribution >= 4 is 17.5 Å². The number of rotatable bonds is 5. The van der Waals surface area contributed by atoms with Crippen molar-refractivity contribution in [3.63, 3.8) is 0 Å². The highest BCUT2D eigenvalue weighted by atomic mass is 35.5. The number of ether oxygens (including phenoxy) is 1. The third-order valence-corrected chi connectivity index (χ3v) is 4.36. The fourth-order valence-corrected chi connectivity index (χ4v) is 2.71. The number of carbonyl (C=O) groups is 1. The average molecular weight is 332 g/mol. The maximum Gasteiger partial charge on any atom is 0.251 e. The Bertz CT molecular complexity index is 713. The number of amides is 1. The molecule has 3 nitrogen and oxygen atoms in total. The number of hydrogen-bond acceptors (Lipinski definition) is 2. The molecule has 1 atom stereocenters. The highest BCUT2D eigenvalue weighted by molar-refractivity contribution is 6.32. The zero-order chi connectivity index (χ0) is 17.0. The predicted octanol–water partition coefficient (Wildman–Crippen LogP) is 4.85. The third kappa shape index (κ3) is 4.05. The van der Waals surface area contributed by atoms with Gasteiger partial charge in [-0.3, -0.25) is 4.79 Å². The fraction of sp³-hybridized carbons (Fsp3) is 0.316. The molecule has 0 fully saturated rings. The second kappa shape index (κ2) is 7.51. The summed E-state index contributed by atoms with van der Waals surface area (Å²) in [6.45, 7) is 6.22.